The van der Waals surface area contributed by atoms with Gasteiger partial charge in [0, 0.05) is 19.1 Å². The van der Waals surface area contributed by atoms with Crippen LogP contribution in [0.1, 0.15) is 5.56 Å². The van der Waals surface area contributed by atoms with E-state index in [0.29, 0.717) is 18.8 Å². The smallest absolute Gasteiger partial charge is 0.322 e. The molecule has 0 radical (unpaired) electrons. The van der Waals surface area contributed by atoms with Crippen molar-refractivity contribution in [2.45, 2.75) is 10.5 Å². The monoisotopic (exact) mass is 362 g/mol. The predicted molar refractivity (Wildman–Crippen MR) is 94.5 cm³/mol. The number of nitrogens with one attached hydrogen (secondary N) is 1. The predicted octanol–water partition coefficient (Wildman–Crippen LogP) is 2.95. The van der Waals surface area contributed by atoms with Gasteiger partial charge < -0.3 is 15.0 Å². The fourth-order valence-electron chi connectivity index (χ4n) is 2.90. The standard InChI is InChI=1S/C18H19FN2O3S/c1-24-18(13-6-4-3-5-7-13)11-21(12-18)17(22)20-14-8-9-16(25(2)23)15(19)10-14/h3-10H,11-12H2,1-2H3,(H,20,22). The highest BCUT2D eigenvalue weighted by Gasteiger charge is 2.47. The van der Waals surface area contributed by atoms with Gasteiger partial charge in [0.25, 0.3) is 0 Å². The Hall–Kier alpha value is -2.25. The molecule has 1 aliphatic heterocycles. The molecular formula is C18H19FN2O3S. The molecule has 0 saturated carbocycles. The molecule has 1 atom stereocenters. The van der Waals surface area contributed by atoms with Gasteiger partial charge in [-0.05, 0) is 23.8 Å². The average molecular weight is 362 g/mol. The van der Waals surface area contributed by atoms with Gasteiger partial charge in [0.1, 0.15) is 11.4 Å². The van der Waals surface area contributed by atoms with Gasteiger partial charge in [0.05, 0.1) is 28.8 Å². The topological polar surface area (TPSA) is 58.6 Å². The lowest BCUT2D eigenvalue weighted by atomic mass is 9.86. The van der Waals surface area contributed by atoms with Crippen molar-refractivity contribution in [1.82, 2.24) is 4.90 Å². The molecule has 132 valence electrons. The van der Waals surface area contributed by atoms with Crippen molar-refractivity contribution in [3.05, 3.63) is 59.9 Å². The first-order valence-electron chi connectivity index (χ1n) is 7.75. The molecule has 0 spiro atoms. The maximum Gasteiger partial charge on any atom is 0.322 e. The first-order chi connectivity index (χ1) is 11.9. The fourth-order valence-corrected chi connectivity index (χ4v) is 3.49. The van der Waals surface area contributed by atoms with Crippen LogP contribution in [0.4, 0.5) is 14.9 Å². The molecule has 5 nitrogen and oxygen atoms in total. The van der Waals surface area contributed by atoms with Gasteiger partial charge >= 0.3 is 6.03 Å². The van der Waals surface area contributed by atoms with Crippen LogP contribution in [0.3, 0.4) is 0 Å². The van der Waals surface area contributed by atoms with Gasteiger partial charge in [-0.1, -0.05) is 30.3 Å². The lowest BCUT2D eigenvalue weighted by molar-refractivity contribution is -0.109. The number of halogens is 1. The summed E-state index contributed by atoms with van der Waals surface area (Å²) in [4.78, 5) is 14.0. The van der Waals surface area contributed by atoms with Gasteiger partial charge in [-0.15, -0.1) is 0 Å². The SMILES string of the molecule is COC1(c2ccccc2)CN(C(=O)Nc2ccc(S(C)=O)c(F)c2)C1. The average Bonchev–Trinajstić information content (AvgIpc) is 2.55. The summed E-state index contributed by atoms with van der Waals surface area (Å²) >= 11 is 0. The third kappa shape index (κ3) is 3.43. The molecule has 1 saturated heterocycles. The molecule has 0 aromatic heterocycles. The summed E-state index contributed by atoms with van der Waals surface area (Å²) in [5.74, 6) is -0.599. The van der Waals surface area contributed by atoms with Gasteiger partial charge in [-0.3, -0.25) is 4.21 Å². The van der Waals surface area contributed by atoms with E-state index in [-0.39, 0.29) is 10.9 Å². The van der Waals surface area contributed by atoms with Gasteiger partial charge in [-0.2, -0.15) is 0 Å². The summed E-state index contributed by atoms with van der Waals surface area (Å²) in [6.07, 6.45) is 1.41. The summed E-state index contributed by atoms with van der Waals surface area (Å²) in [6.45, 7) is 0.831. The minimum Gasteiger partial charge on any atom is -0.370 e. The molecule has 0 aliphatic carbocycles. The van der Waals surface area contributed by atoms with Crippen LogP contribution in [-0.2, 0) is 21.1 Å². The number of anilines is 1. The Labute approximate surface area is 148 Å². The van der Waals surface area contributed by atoms with E-state index in [4.69, 9.17) is 4.74 Å². The summed E-state index contributed by atoms with van der Waals surface area (Å²) < 4.78 is 30.9. The second-order valence-corrected chi connectivity index (χ2v) is 7.30. The van der Waals surface area contributed by atoms with Crippen molar-refractivity contribution in [1.29, 1.82) is 0 Å². The molecule has 1 aliphatic rings. The Morgan fingerprint density at radius 2 is 1.92 bits per heavy atom. The third-order valence-electron chi connectivity index (χ3n) is 4.36. The number of urea groups is 1. The molecule has 1 heterocycles. The van der Waals surface area contributed by atoms with Crippen LogP contribution in [0.25, 0.3) is 0 Å². The molecule has 7 heteroatoms. The highest BCUT2D eigenvalue weighted by molar-refractivity contribution is 7.84. The first kappa shape index (κ1) is 17.6. The maximum atomic E-state index is 13.9. The molecule has 1 unspecified atom stereocenters. The zero-order valence-corrected chi connectivity index (χ0v) is 14.8. The van der Waals surface area contributed by atoms with E-state index >= 15 is 0 Å². The quantitative estimate of drug-likeness (QED) is 0.910. The number of likely N-dealkylation sites (tertiary alicyclic amines) is 1. The van der Waals surface area contributed by atoms with Crippen LogP contribution >= 0.6 is 0 Å². The van der Waals surface area contributed by atoms with E-state index in [9.17, 15) is 13.4 Å². The Balaban J connectivity index is 1.66. The minimum absolute atomic E-state index is 0.115. The summed E-state index contributed by atoms with van der Waals surface area (Å²) in [5.41, 5.74) is 0.834. The Kier molecular flexibility index (Phi) is 4.87. The number of amides is 2. The number of hydrogen-bond donors (Lipinski definition) is 1. The molecule has 2 aromatic carbocycles. The van der Waals surface area contributed by atoms with Crippen LogP contribution in [0.2, 0.25) is 0 Å². The molecule has 2 amide bonds. The van der Waals surface area contributed by atoms with Crippen molar-refractivity contribution in [3.63, 3.8) is 0 Å². The van der Waals surface area contributed by atoms with Crippen molar-refractivity contribution < 1.29 is 18.1 Å². The number of hydrogen-bond acceptors (Lipinski definition) is 3. The highest BCUT2D eigenvalue weighted by Crippen LogP contribution is 2.35. The number of carbonyl (C=O) groups excluding carboxylic acids is 1. The lowest BCUT2D eigenvalue weighted by Gasteiger charge is -2.49. The second kappa shape index (κ2) is 6.93. The maximum absolute atomic E-state index is 13.9. The van der Waals surface area contributed by atoms with Gasteiger partial charge in [0.15, 0.2) is 0 Å². The largest absolute Gasteiger partial charge is 0.370 e. The molecule has 25 heavy (non-hydrogen) atoms. The number of benzene rings is 2. The molecule has 1 fully saturated rings. The summed E-state index contributed by atoms with van der Waals surface area (Å²) in [7, 11) is 0.218. The van der Waals surface area contributed by atoms with E-state index < -0.39 is 22.2 Å². The van der Waals surface area contributed by atoms with E-state index in [0.717, 1.165) is 5.56 Å². The number of nitrogens with zero attached hydrogens (tertiary/aromatic N) is 1. The van der Waals surface area contributed by atoms with E-state index in [1.807, 2.05) is 30.3 Å². The van der Waals surface area contributed by atoms with Crippen LogP contribution < -0.4 is 5.32 Å². The lowest BCUT2D eigenvalue weighted by Crippen LogP contribution is -2.63. The van der Waals surface area contributed by atoms with Gasteiger partial charge in [0.2, 0.25) is 0 Å². The molecule has 3 rings (SSSR count). The Bertz CT molecular complexity index is 807. The van der Waals surface area contributed by atoms with Crippen LogP contribution in [-0.4, -0.2) is 41.6 Å². The number of ether oxygens (including phenoxy) is 1. The highest BCUT2D eigenvalue weighted by atomic mass is 32.2. The van der Waals surface area contributed by atoms with Crippen LogP contribution in [0, 0.1) is 5.82 Å². The van der Waals surface area contributed by atoms with E-state index in [1.165, 1.54) is 24.5 Å². The van der Waals surface area contributed by atoms with Crippen LogP contribution in [0.15, 0.2) is 53.4 Å². The van der Waals surface area contributed by atoms with Crippen molar-refractivity contribution in [3.8, 4) is 0 Å². The molecule has 0 bridgehead atoms. The summed E-state index contributed by atoms with van der Waals surface area (Å²) in [5, 5.41) is 2.66. The number of methoxy groups -OCH3 is 1. The van der Waals surface area contributed by atoms with Crippen molar-refractivity contribution >= 4 is 22.5 Å². The summed E-state index contributed by atoms with van der Waals surface area (Å²) in [6, 6.07) is 13.5. The van der Waals surface area contributed by atoms with Crippen LogP contribution in [0.5, 0.6) is 0 Å². The Morgan fingerprint density at radius 1 is 1.24 bits per heavy atom. The van der Waals surface area contributed by atoms with Crippen molar-refractivity contribution in [2.75, 3.05) is 31.8 Å². The van der Waals surface area contributed by atoms with Crippen molar-refractivity contribution in [2.24, 2.45) is 0 Å². The van der Waals surface area contributed by atoms with Gasteiger partial charge in [-0.25, -0.2) is 9.18 Å². The van der Waals surface area contributed by atoms with E-state index in [1.54, 1.807) is 12.0 Å². The fraction of sp³-hybridized carbons (Fsp3) is 0.278. The second-order valence-electron chi connectivity index (χ2n) is 5.95. The molecule has 1 N–H and O–H groups in total. The normalized spacial score (nSPS) is 16.8. The zero-order valence-electron chi connectivity index (χ0n) is 14.0. The third-order valence-corrected chi connectivity index (χ3v) is 5.31. The molecule has 2 aromatic rings. The Morgan fingerprint density at radius 3 is 2.48 bits per heavy atom. The van der Waals surface area contributed by atoms with E-state index in [2.05, 4.69) is 5.32 Å². The molecular weight excluding hydrogens is 343 g/mol. The number of rotatable bonds is 4. The minimum atomic E-state index is -1.41. The zero-order chi connectivity index (χ0) is 18.0. The number of carbonyl (C=O) groups is 1. The first-order valence-corrected chi connectivity index (χ1v) is 9.30.